The second-order valence-corrected chi connectivity index (χ2v) is 6.48. The lowest BCUT2D eigenvalue weighted by atomic mass is 9.93. The summed E-state index contributed by atoms with van der Waals surface area (Å²) in [5.41, 5.74) is 4.61. The Bertz CT molecular complexity index is 1100. The molecule has 4 atom stereocenters. The minimum absolute atomic E-state index is 0.154. The van der Waals surface area contributed by atoms with Gasteiger partial charge in [-0.25, -0.2) is 19.7 Å². The van der Waals surface area contributed by atoms with Gasteiger partial charge in [0.15, 0.2) is 23.3 Å². The number of imidazole rings is 1. The first kappa shape index (κ1) is 18.8. The summed E-state index contributed by atoms with van der Waals surface area (Å²) < 4.78 is 12.4. The summed E-state index contributed by atoms with van der Waals surface area (Å²) in [7, 11) is 0. The summed E-state index contributed by atoms with van der Waals surface area (Å²) in [6, 6.07) is 8.33. The zero-order chi connectivity index (χ0) is 20.6. The molecule has 1 saturated heterocycles. The molecule has 0 bridgehead atoms. The molecule has 3 heterocycles. The van der Waals surface area contributed by atoms with E-state index >= 15 is 0 Å². The van der Waals surface area contributed by atoms with E-state index in [9.17, 15) is 15.0 Å². The van der Waals surface area contributed by atoms with Crippen LogP contribution in [0.1, 0.15) is 16.6 Å². The zero-order valence-electron chi connectivity index (χ0n) is 15.0. The number of aromatic nitrogens is 4. The molecule has 1 aliphatic heterocycles. The average molecular weight is 395 g/mol. The number of carbonyl (C=O) groups is 1. The van der Waals surface area contributed by atoms with Crippen molar-refractivity contribution in [3.05, 3.63) is 48.5 Å². The normalized spacial score (nSPS) is 26.3. The predicted molar refractivity (Wildman–Crippen MR) is 100 cm³/mol. The Morgan fingerprint density at radius 2 is 2.10 bits per heavy atom. The van der Waals surface area contributed by atoms with Gasteiger partial charge < -0.3 is 25.4 Å². The van der Waals surface area contributed by atoms with Crippen molar-refractivity contribution in [2.24, 2.45) is 0 Å². The molecule has 4 rings (SSSR count). The van der Waals surface area contributed by atoms with Gasteiger partial charge in [-0.05, 0) is 12.1 Å². The smallest absolute Gasteiger partial charge is 0.338 e. The minimum Gasteiger partial charge on any atom is -0.459 e. The summed E-state index contributed by atoms with van der Waals surface area (Å²) in [5, 5.41) is 21.5. The summed E-state index contributed by atoms with van der Waals surface area (Å²) >= 11 is 0. The number of benzene rings is 1. The van der Waals surface area contributed by atoms with Crippen molar-refractivity contribution < 1.29 is 24.5 Å². The Morgan fingerprint density at radius 3 is 2.83 bits per heavy atom. The molecule has 0 radical (unpaired) electrons. The molecule has 29 heavy (non-hydrogen) atoms. The van der Waals surface area contributed by atoms with Crippen LogP contribution < -0.4 is 5.73 Å². The molecular formula is C19H17N5O5. The highest BCUT2D eigenvalue weighted by Crippen LogP contribution is 2.38. The molecule has 1 fully saturated rings. The van der Waals surface area contributed by atoms with E-state index in [0.717, 1.165) is 0 Å². The minimum atomic E-state index is -2.10. The maximum atomic E-state index is 12.2. The fraction of sp³-hybridized carbons (Fsp3) is 0.263. The monoisotopic (exact) mass is 395 g/mol. The maximum Gasteiger partial charge on any atom is 0.338 e. The molecule has 0 spiro atoms. The Kier molecular flexibility index (Phi) is 4.63. The SMILES string of the molecule is C#C[C@@]1(O)[C@@H](COC(=O)c2ccccc2)O[C@@H](n2cnc3c(N)ncnc32)[C@@H]1O. The number of nitrogens with zero attached hydrogens (tertiary/aromatic N) is 4. The van der Waals surface area contributed by atoms with Crippen LogP contribution in [0, 0.1) is 12.3 Å². The molecule has 0 aliphatic carbocycles. The molecule has 4 N–H and O–H groups in total. The molecule has 10 heteroatoms. The van der Waals surface area contributed by atoms with Gasteiger partial charge in [-0.3, -0.25) is 4.57 Å². The third-order valence-corrected chi connectivity index (χ3v) is 4.78. The fourth-order valence-electron chi connectivity index (χ4n) is 3.18. The largest absolute Gasteiger partial charge is 0.459 e. The van der Waals surface area contributed by atoms with Gasteiger partial charge in [0, 0.05) is 0 Å². The van der Waals surface area contributed by atoms with Crippen LogP contribution in [-0.4, -0.2) is 60.1 Å². The number of hydrogen-bond acceptors (Lipinski definition) is 9. The van der Waals surface area contributed by atoms with Crippen LogP contribution in [-0.2, 0) is 9.47 Å². The number of carbonyl (C=O) groups excluding carboxylic acids is 1. The van der Waals surface area contributed by atoms with Crippen molar-refractivity contribution >= 4 is 23.0 Å². The second kappa shape index (κ2) is 7.14. The number of esters is 1. The standard InChI is InChI=1S/C19H17N5O5/c1-2-19(27)12(8-28-18(26)11-6-4-3-5-7-11)29-17(14(19)25)24-10-23-13-15(20)21-9-22-16(13)24/h1,3-7,9-10,12,14,17,25,27H,8H2,(H2,20,21,22)/t12-,14+,17-,19-/m1/s1. The van der Waals surface area contributed by atoms with Gasteiger partial charge in [0.1, 0.15) is 30.7 Å². The number of aliphatic hydroxyl groups excluding tert-OH is 1. The van der Waals surface area contributed by atoms with Crippen LogP contribution >= 0.6 is 0 Å². The van der Waals surface area contributed by atoms with Crippen molar-refractivity contribution in [2.45, 2.75) is 24.0 Å². The van der Waals surface area contributed by atoms with Crippen molar-refractivity contribution in [3.8, 4) is 12.3 Å². The Labute approximate surface area is 164 Å². The molecular weight excluding hydrogens is 378 g/mol. The number of ether oxygens (including phenoxy) is 2. The van der Waals surface area contributed by atoms with Crippen LogP contribution in [0.3, 0.4) is 0 Å². The maximum absolute atomic E-state index is 12.2. The number of nitrogens with two attached hydrogens (primary N) is 1. The highest BCUT2D eigenvalue weighted by molar-refractivity contribution is 5.89. The highest BCUT2D eigenvalue weighted by atomic mass is 16.6. The van der Waals surface area contributed by atoms with Crippen LogP contribution in [0.4, 0.5) is 5.82 Å². The number of terminal acetylenes is 1. The van der Waals surface area contributed by atoms with Gasteiger partial charge in [-0.15, -0.1) is 6.42 Å². The summed E-state index contributed by atoms with van der Waals surface area (Å²) in [6.07, 6.45) is 4.20. The van der Waals surface area contributed by atoms with Gasteiger partial charge in [0.05, 0.1) is 11.9 Å². The number of hydrogen-bond donors (Lipinski definition) is 3. The summed E-state index contributed by atoms with van der Waals surface area (Å²) in [6.45, 7) is -0.369. The lowest BCUT2D eigenvalue weighted by Gasteiger charge is -2.24. The topological polar surface area (TPSA) is 146 Å². The number of fused-ring (bicyclic) bond motifs is 1. The average Bonchev–Trinajstić information content (AvgIpc) is 3.28. The van der Waals surface area contributed by atoms with Crippen LogP contribution in [0.25, 0.3) is 11.2 Å². The van der Waals surface area contributed by atoms with Gasteiger partial charge in [0.2, 0.25) is 0 Å². The molecule has 3 aromatic rings. The van der Waals surface area contributed by atoms with E-state index in [4.69, 9.17) is 21.6 Å². The van der Waals surface area contributed by atoms with Gasteiger partial charge in [-0.1, -0.05) is 24.1 Å². The van der Waals surface area contributed by atoms with Crippen molar-refractivity contribution in [1.82, 2.24) is 19.5 Å². The number of aliphatic hydroxyl groups is 2. The summed E-state index contributed by atoms with van der Waals surface area (Å²) in [4.78, 5) is 24.2. The lowest BCUT2D eigenvalue weighted by Crippen LogP contribution is -2.48. The molecule has 0 amide bonds. The number of rotatable bonds is 4. The van der Waals surface area contributed by atoms with Crippen molar-refractivity contribution in [1.29, 1.82) is 0 Å². The third-order valence-electron chi connectivity index (χ3n) is 4.78. The van der Waals surface area contributed by atoms with Crippen molar-refractivity contribution in [3.63, 3.8) is 0 Å². The molecule has 2 aromatic heterocycles. The van der Waals surface area contributed by atoms with E-state index in [-0.39, 0.29) is 12.4 Å². The van der Waals surface area contributed by atoms with Gasteiger partial charge in [0.25, 0.3) is 0 Å². The van der Waals surface area contributed by atoms with Gasteiger partial charge in [-0.2, -0.15) is 0 Å². The molecule has 0 saturated carbocycles. The molecule has 1 aromatic carbocycles. The lowest BCUT2D eigenvalue weighted by molar-refractivity contribution is -0.0665. The molecule has 10 nitrogen and oxygen atoms in total. The first-order chi connectivity index (χ1) is 14.0. The number of anilines is 1. The zero-order valence-corrected chi connectivity index (χ0v) is 15.0. The first-order valence-corrected chi connectivity index (χ1v) is 8.64. The second-order valence-electron chi connectivity index (χ2n) is 6.48. The third kappa shape index (κ3) is 3.07. The fourth-order valence-corrected chi connectivity index (χ4v) is 3.18. The molecule has 148 valence electrons. The van der Waals surface area contributed by atoms with E-state index in [2.05, 4.69) is 20.9 Å². The van der Waals surface area contributed by atoms with Crippen LogP contribution in [0.15, 0.2) is 43.0 Å². The van der Waals surface area contributed by atoms with E-state index < -0.39 is 30.0 Å². The predicted octanol–water partition coefficient (Wildman–Crippen LogP) is -0.112. The number of nitrogen functional groups attached to an aromatic ring is 1. The Balaban J connectivity index is 1.58. The summed E-state index contributed by atoms with van der Waals surface area (Å²) in [5.74, 6) is 1.70. The van der Waals surface area contributed by atoms with E-state index in [1.54, 1.807) is 30.3 Å². The quantitative estimate of drug-likeness (QED) is 0.407. The van der Waals surface area contributed by atoms with Crippen LogP contribution in [0.2, 0.25) is 0 Å². The highest BCUT2D eigenvalue weighted by Gasteiger charge is 2.56. The molecule has 1 aliphatic rings. The van der Waals surface area contributed by atoms with E-state index in [1.807, 2.05) is 0 Å². The van der Waals surface area contributed by atoms with Gasteiger partial charge >= 0.3 is 5.97 Å². The van der Waals surface area contributed by atoms with E-state index in [0.29, 0.717) is 16.7 Å². The Morgan fingerprint density at radius 1 is 1.34 bits per heavy atom. The first-order valence-electron chi connectivity index (χ1n) is 8.64. The van der Waals surface area contributed by atoms with E-state index in [1.165, 1.54) is 17.2 Å². The van der Waals surface area contributed by atoms with Crippen LogP contribution in [0.5, 0.6) is 0 Å². The van der Waals surface area contributed by atoms with Crippen molar-refractivity contribution in [2.75, 3.05) is 12.3 Å². The molecule has 0 unspecified atom stereocenters. The Hall–Kier alpha value is -3.52.